The van der Waals surface area contributed by atoms with Crippen LogP contribution in [0.4, 0.5) is 0 Å². The maximum Gasteiger partial charge on any atom is 0.346 e. The molecule has 0 amide bonds. The summed E-state index contributed by atoms with van der Waals surface area (Å²) >= 11 is 0. The highest BCUT2D eigenvalue weighted by Gasteiger charge is 2.28. The standard InChI is InChI=1S/C15H16N2O6S/c1-9-13(14(19)17(4)15(20)16(9)3)24(21,22)23-12-8-6-5-7-11(12)10(2)18/h5-8H,1-4H3. The molecule has 0 aliphatic rings. The molecule has 0 saturated carbocycles. The Morgan fingerprint density at radius 3 is 2.25 bits per heavy atom. The summed E-state index contributed by atoms with van der Waals surface area (Å²) in [4.78, 5) is 35.0. The molecule has 0 radical (unpaired) electrons. The van der Waals surface area contributed by atoms with E-state index in [9.17, 15) is 22.8 Å². The number of Topliss-reactive ketones (excluding diaryl/α,β-unsaturated/α-hetero) is 1. The number of ketones is 1. The van der Waals surface area contributed by atoms with Crippen molar-refractivity contribution in [2.45, 2.75) is 18.7 Å². The quantitative estimate of drug-likeness (QED) is 0.581. The van der Waals surface area contributed by atoms with Gasteiger partial charge in [0.25, 0.3) is 5.56 Å². The Labute approximate surface area is 138 Å². The molecule has 24 heavy (non-hydrogen) atoms. The van der Waals surface area contributed by atoms with Gasteiger partial charge >= 0.3 is 15.8 Å². The summed E-state index contributed by atoms with van der Waals surface area (Å²) < 4.78 is 31.9. The van der Waals surface area contributed by atoms with Crippen molar-refractivity contribution in [1.29, 1.82) is 0 Å². The van der Waals surface area contributed by atoms with Crippen molar-refractivity contribution in [3.05, 3.63) is 56.4 Å². The third kappa shape index (κ3) is 2.90. The first kappa shape index (κ1) is 17.7. The molecule has 0 aliphatic carbocycles. The zero-order valence-corrected chi connectivity index (χ0v) is 14.4. The lowest BCUT2D eigenvalue weighted by Crippen LogP contribution is -2.41. The minimum absolute atomic E-state index is 0.0524. The molecular formula is C15H16N2O6S. The molecule has 0 spiro atoms. The topological polar surface area (TPSA) is 104 Å². The number of rotatable bonds is 4. The Bertz CT molecular complexity index is 1050. The van der Waals surface area contributed by atoms with Gasteiger partial charge in [-0.25, -0.2) is 4.79 Å². The summed E-state index contributed by atoms with van der Waals surface area (Å²) in [5, 5.41) is 0. The van der Waals surface area contributed by atoms with E-state index in [0.29, 0.717) is 4.57 Å². The summed E-state index contributed by atoms with van der Waals surface area (Å²) in [6.07, 6.45) is 0. The zero-order valence-electron chi connectivity index (χ0n) is 13.6. The maximum absolute atomic E-state index is 12.6. The van der Waals surface area contributed by atoms with Gasteiger partial charge in [-0.1, -0.05) is 12.1 Å². The fraction of sp³-hybridized carbons (Fsp3) is 0.267. The molecule has 1 heterocycles. The van der Waals surface area contributed by atoms with Gasteiger partial charge in [0.2, 0.25) is 0 Å². The van der Waals surface area contributed by atoms with Gasteiger partial charge in [0.1, 0.15) is 0 Å². The SMILES string of the molecule is CC(=O)c1ccccc1OS(=O)(=O)c1c(C)n(C)c(=O)n(C)c1=O. The molecule has 128 valence electrons. The van der Waals surface area contributed by atoms with E-state index in [1.54, 1.807) is 6.07 Å². The zero-order chi connectivity index (χ0) is 18.2. The number of nitrogens with zero attached hydrogens (tertiary/aromatic N) is 2. The number of hydrogen-bond acceptors (Lipinski definition) is 6. The smallest absolute Gasteiger partial charge is 0.346 e. The third-order valence-electron chi connectivity index (χ3n) is 3.62. The van der Waals surface area contributed by atoms with E-state index in [4.69, 9.17) is 4.18 Å². The molecule has 2 aromatic rings. The van der Waals surface area contributed by atoms with Crippen LogP contribution in [0.25, 0.3) is 0 Å². The highest BCUT2D eigenvalue weighted by atomic mass is 32.2. The van der Waals surface area contributed by atoms with Crippen LogP contribution in [0.2, 0.25) is 0 Å². The summed E-state index contributed by atoms with van der Waals surface area (Å²) in [5.74, 6) is -0.564. The third-order valence-corrected chi connectivity index (χ3v) is 4.99. The van der Waals surface area contributed by atoms with Crippen molar-refractivity contribution in [3.63, 3.8) is 0 Å². The highest BCUT2D eigenvalue weighted by Crippen LogP contribution is 2.23. The van der Waals surface area contributed by atoms with Crippen LogP contribution < -0.4 is 15.4 Å². The molecule has 0 N–H and O–H groups in total. The van der Waals surface area contributed by atoms with E-state index in [-0.39, 0.29) is 22.8 Å². The molecule has 9 heteroatoms. The maximum atomic E-state index is 12.6. The number of hydrogen-bond donors (Lipinski definition) is 0. The van der Waals surface area contributed by atoms with E-state index in [0.717, 1.165) is 4.57 Å². The molecule has 2 rings (SSSR count). The molecule has 1 aromatic carbocycles. The van der Waals surface area contributed by atoms with Gasteiger partial charge in [0.05, 0.1) is 5.56 Å². The fourth-order valence-corrected chi connectivity index (χ4v) is 3.51. The van der Waals surface area contributed by atoms with Crippen molar-refractivity contribution >= 4 is 15.9 Å². The van der Waals surface area contributed by atoms with E-state index in [1.165, 1.54) is 46.1 Å². The van der Waals surface area contributed by atoms with E-state index in [1.807, 2.05) is 0 Å². The van der Waals surface area contributed by atoms with E-state index in [2.05, 4.69) is 0 Å². The fourth-order valence-electron chi connectivity index (χ4n) is 2.19. The molecule has 8 nitrogen and oxygen atoms in total. The predicted octanol–water partition coefficient (Wildman–Crippen LogP) is 0.363. The Morgan fingerprint density at radius 1 is 1.08 bits per heavy atom. The van der Waals surface area contributed by atoms with Gasteiger partial charge in [-0.2, -0.15) is 8.42 Å². The van der Waals surface area contributed by atoms with Crippen LogP contribution >= 0.6 is 0 Å². The minimum Gasteiger partial charge on any atom is -0.378 e. The van der Waals surface area contributed by atoms with Crippen molar-refractivity contribution < 1.29 is 17.4 Å². The number of carbonyl (C=O) groups is 1. The second kappa shape index (κ2) is 6.08. The number of carbonyl (C=O) groups excluding carboxylic acids is 1. The first-order chi connectivity index (χ1) is 11.1. The molecule has 0 bridgehead atoms. The lowest BCUT2D eigenvalue weighted by Gasteiger charge is -2.14. The van der Waals surface area contributed by atoms with Gasteiger partial charge in [0.15, 0.2) is 16.4 Å². The van der Waals surface area contributed by atoms with Crippen molar-refractivity contribution in [2.24, 2.45) is 14.1 Å². The molecule has 1 aromatic heterocycles. The van der Waals surface area contributed by atoms with Crippen molar-refractivity contribution in [3.8, 4) is 5.75 Å². The lowest BCUT2D eigenvalue weighted by atomic mass is 10.1. The van der Waals surface area contributed by atoms with Gasteiger partial charge < -0.3 is 4.18 Å². The number of aromatic nitrogens is 2. The van der Waals surface area contributed by atoms with E-state index >= 15 is 0 Å². The molecule has 0 atom stereocenters. The summed E-state index contributed by atoms with van der Waals surface area (Å²) in [7, 11) is -2.02. The number of para-hydroxylation sites is 1. The number of benzene rings is 1. The molecule has 0 aliphatic heterocycles. The lowest BCUT2D eigenvalue weighted by molar-refractivity contribution is 0.101. The Balaban J connectivity index is 2.69. The molecule has 0 fully saturated rings. The van der Waals surface area contributed by atoms with Crippen molar-refractivity contribution in [2.75, 3.05) is 0 Å². The summed E-state index contributed by atoms with van der Waals surface area (Å²) in [5.41, 5.74) is -1.62. The molecule has 0 saturated heterocycles. The normalized spacial score (nSPS) is 11.3. The van der Waals surface area contributed by atoms with Crippen LogP contribution in [0.3, 0.4) is 0 Å². The second-order valence-corrected chi connectivity index (χ2v) is 6.69. The van der Waals surface area contributed by atoms with Crippen LogP contribution in [0.15, 0.2) is 38.8 Å². The summed E-state index contributed by atoms with van der Waals surface area (Å²) in [6.45, 7) is 2.60. The Hall–Kier alpha value is -2.68. The molecular weight excluding hydrogens is 336 g/mol. The van der Waals surface area contributed by atoms with Gasteiger partial charge in [-0.05, 0) is 26.0 Å². The van der Waals surface area contributed by atoms with Crippen molar-refractivity contribution in [1.82, 2.24) is 9.13 Å². The molecule has 0 unspecified atom stereocenters. The van der Waals surface area contributed by atoms with Gasteiger partial charge in [-0.15, -0.1) is 0 Å². The van der Waals surface area contributed by atoms with Crippen LogP contribution in [-0.4, -0.2) is 23.3 Å². The average Bonchev–Trinajstić information content (AvgIpc) is 2.50. The second-order valence-electron chi connectivity index (χ2n) is 5.21. The highest BCUT2D eigenvalue weighted by molar-refractivity contribution is 7.87. The van der Waals surface area contributed by atoms with Gasteiger partial charge in [0, 0.05) is 19.8 Å². The van der Waals surface area contributed by atoms with E-state index < -0.39 is 26.3 Å². The Morgan fingerprint density at radius 2 is 1.67 bits per heavy atom. The van der Waals surface area contributed by atoms with Crippen LogP contribution in [0, 0.1) is 6.92 Å². The monoisotopic (exact) mass is 352 g/mol. The first-order valence-corrected chi connectivity index (χ1v) is 8.30. The Kier molecular flexibility index (Phi) is 4.48. The van der Waals surface area contributed by atoms with Crippen LogP contribution in [0.1, 0.15) is 23.0 Å². The van der Waals surface area contributed by atoms with Crippen LogP contribution in [0.5, 0.6) is 5.75 Å². The minimum atomic E-state index is -4.54. The average molecular weight is 352 g/mol. The van der Waals surface area contributed by atoms with Crippen LogP contribution in [-0.2, 0) is 24.2 Å². The predicted molar refractivity (Wildman–Crippen MR) is 85.9 cm³/mol. The first-order valence-electron chi connectivity index (χ1n) is 6.89. The summed E-state index contributed by atoms with van der Waals surface area (Å²) in [6, 6.07) is 5.80. The largest absolute Gasteiger partial charge is 0.378 e. The van der Waals surface area contributed by atoms with Gasteiger partial charge in [-0.3, -0.25) is 18.7 Å².